The van der Waals surface area contributed by atoms with E-state index in [-0.39, 0.29) is 23.4 Å². The number of rotatable bonds is 1. The Bertz CT molecular complexity index is 514. The number of hydrogen-bond acceptors (Lipinski definition) is 4. The van der Waals surface area contributed by atoms with E-state index in [4.69, 9.17) is 4.74 Å². The van der Waals surface area contributed by atoms with Gasteiger partial charge < -0.3 is 4.74 Å². The molecule has 0 fully saturated rings. The summed E-state index contributed by atoms with van der Waals surface area (Å²) in [5.74, 6) is -2.21. The van der Waals surface area contributed by atoms with Gasteiger partial charge in [0, 0.05) is 0 Å². The fraction of sp³-hybridized carbons (Fsp3) is 0.533. The van der Waals surface area contributed by atoms with Crippen LogP contribution in [0.4, 0.5) is 0 Å². The van der Waals surface area contributed by atoms with Crippen LogP contribution < -0.4 is 0 Å². The van der Waals surface area contributed by atoms with Gasteiger partial charge in [0.2, 0.25) is 0 Å². The second-order valence-corrected chi connectivity index (χ2v) is 5.43. The summed E-state index contributed by atoms with van der Waals surface area (Å²) in [6, 6.07) is 0. The highest BCUT2D eigenvalue weighted by molar-refractivity contribution is 6.20. The summed E-state index contributed by atoms with van der Waals surface area (Å²) in [5.41, 5.74) is -0.969. The number of ketones is 2. The van der Waals surface area contributed by atoms with Crippen molar-refractivity contribution in [1.82, 2.24) is 0 Å². The lowest BCUT2D eigenvalue weighted by atomic mass is 9.54. The van der Waals surface area contributed by atoms with Crippen LogP contribution in [-0.4, -0.2) is 24.6 Å². The van der Waals surface area contributed by atoms with E-state index < -0.39 is 17.3 Å². The molecular weight excluding hydrogens is 244 g/mol. The van der Waals surface area contributed by atoms with Gasteiger partial charge >= 0.3 is 5.97 Å². The van der Waals surface area contributed by atoms with Gasteiger partial charge in [-0.2, -0.15) is 0 Å². The van der Waals surface area contributed by atoms with Gasteiger partial charge in [0.05, 0.1) is 13.0 Å². The van der Waals surface area contributed by atoms with Gasteiger partial charge in [-0.1, -0.05) is 26.0 Å². The molecule has 0 saturated carbocycles. The van der Waals surface area contributed by atoms with Crippen LogP contribution in [0, 0.1) is 23.2 Å². The van der Waals surface area contributed by atoms with Crippen LogP contribution >= 0.6 is 0 Å². The Balaban J connectivity index is 2.72. The predicted octanol–water partition coefficient (Wildman–Crippen LogP) is 1.70. The summed E-state index contributed by atoms with van der Waals surface area (Å²) in [6.45, 7) is 5.26. The molecule has 0 radical (unpaired) electrons. The molecule has 102 valence electrons. The summed E-state index contributed by atoms with van der Waals surface area (Å²) in [4.78, 5) is 37.2. The summed E-state index contributed by atoms with van der Waals surface area (Å²) in [5, 5.41) is 0. The maximum absolute atomic E-state index is 12.5. The van der Waals surface area contributed by atoms with Crippen LogP contribution in [0.25, 0.3) is 0 Å². The van der Waals surface area contributed by atoms with Crippen molar-refractivity contribution in [2.75, 3.05) is 7.11 Å². The van der Waals surface area contributed by atoms with Crippen molar-refractivity contribution in [3.63, 3.8) is 0 Å². The number of hydrogen-bond donors (Lipinski definition) is 0. The Morgan fingerprint density at radius 2 is 1.89 bits per heavy atom. The lowest BCUT2D eigenvalue weighted by Gasteiger charge is -2.45. The van der Waals surface area contributed by atoms with Crippen molar-refractivity contribution in [3.05, 3.63) is 23.8 Å². The third kappa shape index (κ3) is 1.62. The van der Waals surface area contributed by atoms with Crippen molar-refractivity contribution >= 4 is 17.5 Å². The molecule has 0 heterocycles. The van der Waals surface area contributed by atoms with Crippen LogP contribution in [0.3, 0.4) is 0 Å². The van der Waals surface area contributed by atoms with E-state index in [1.54, 1.807) is 13.8 Å². The summed E-state index contributed by atoms with van der Waals surface area (Å²) in [6.07, 6.45) is 5.02. The Hall–Kier alpha value is -1.71. The molecule has 0 spiro atoms. The fourth-order valence-corrected chi connectivity index (χ4v) is 3.34. The second kappa shape index (κ2) is 4.44. The van der Waals surface area contributed by atoms with E-state index in [0.717, 1.165) is 0 Å². The molecule has 2 rings (SSSR count). The molecule has 0 amide bonds. The standard InChI is InChI=1S/C15H18O4/c1-8-5-6-10(3)15(14(18)19-4)11(16)7-9(2)13(17)12(8)15/h5-8,10,12H,1-4H3/t8-,10+,12+,15+/m0/s1. The van der Waals surface area contributed by atoms with Crippen molar-refractivity contribution in [2.24, 2.45) is 23.2 Å². The molecule has 0 unspecified atom stereocenters. The first kappa shape index (κ1) is 13.7. The molecule has 0 aliphatic heterocycles. The number of Topliss-reactive ketones (excluding diaryl/α,β-unsaturated/α-hetero) is 1. The first-order chi connectivity index (χ1) is 8.87. The number of ether oxygens (including phenoxy) is 1. The van der Waals surface area contributed by atoms with E-state index >= 15 is 0 Å². The molecule has 0 aromatic heterocycles. The lowest BCUT2D eigenvalue weighted by Crippen LogP contribution is -2.58. The molecule has 0 aromatic carbocycles. The zero-order chi connectivity index (χ0) is 14.4. The zero-order valence-corrected chi connectivity index (χ0v) is 11.6. The number of carbonyl (C=O) groups is 3. The number of esters is 1. The minimum absolute atomic E-state index is 0.131. The third-order valence-corrected chi connectivity index (χ3v) is 4.39. The van der Waals surface area contributed by atoms with E-state index in [2.05, 4.69) is 0 Å². The van der Waals surface area contributed by atoms with Gasteiger partial charge in [-0.15, -0.1) is 0 Å². The van der Waals surface area contributed by atoms with Crippen molar-refractivity contribution in [1.29, 1.82) is 0 Å². The van der Waals surface area contributed by atoms with E-state index in [1.165, 1.54) is 13.2 Å². The molecule has 0 N–H and O–H groups in total. The Morgan fingerprint density at radius 3 is 2.47 bits per heavy atom. The van der Waals surface area contributed by atoms with Crippen molar-refractivity contribution in [3.8, 4) is 0 Å². The molecule has 4 nitrogen and oxygen atoms in total. The van der Waals surface area contributed by atoms with Gasteiger partial charge in [-0.05, 0) is 30.4 Å². The highest BCUT2D eigenvalue weighted by Gasteiger charge is 2.62. The Kier molecular flexibility index (Phi) is 3.20. The third-order valence-electron chi connectivity index (χ3n) is 4.39. The maximum Gasteiger partial charge on any atom is 0.321 e. The topological polar surface area (TPSA) is 60.4 Å². The number of methoxy groups -OCH3 is 1. The molecule has 4 heteroatoms. The molecule has 0 aromatic rings. The molecule has 19 heavy (non-hydrogen) atoms. The average molecular weight is 262 g/mol. The SMILES string of the molecule is COC(=O)[C@]12C(=O)C=C(C)C(=O)[C@H]1[C@@H](C)C=C[C@H]2C. The van der Waals surface area contributed by atoms with Gasteiger partial charge in [0.25, 0.3) is 0 Å². The van der Waals surface area contributed by atoms with Crippen molar-refractivity contribution < 1.29 is 19.1 Å². The first-order valence-electron chi connectivity index (χ1n) is 6.41. The average Bonchev–Trinajstić information content (AvgIpc) is 2.37. The van der Waals surface area contributed by atoms with Gasteiger partial charge in [-0.3, -0.25) is 14.4 Å². The van der Waals surface area contributed by atoms with Crippen LogP contribution in [0.15, 0.2) is 23.8 Å². The summed E-state index contributed by atoms with van der Waals surface area (Å²) < 4.78 is 4.85. The minimum atomic E-state index is -1.39. The van der Waals surface area contributed by atoms with Crippen LogP contribution in [0.1, 0.15) is 20.8 Å². The van der Waals surface area contributed by atoms with E-state index in [9.17, 15) is 14.4 Å². The number of carbonyl (C=O) groups excluding carboxylic acids is 3. The molecule has 0 bridgehead atoms. The molecular formula is C15H18O4. The largest absolute Gasteiger partial charge is 0.468 e. The first-order valence-corrected chi connectivity index (χ1v) is 6.41. The quantitative estimate of drug-likeness (QED) is 0.410. The predicted molar refractivity (Wildman–Crippen MR) is 69.2 cm³/mol. The molecule has 0 saturated heterocycles. The normalized spacial score (nSPS) is 37.7. The highest BCUT2D eigenvalue weighted by atomic mass is 16.5. The van der Waals surface area contributed by atoms with Crippen LogP contribution in [0.2, 0.25) is 0 Å². The maximum atomic E-state index is 12.5. The monoisotopic (exact) mass is 262 g/mol. The zero-order valence-electron chi connectivity index (χ0n) is 11.6. The Morgan fingerprint density at radius 1 is 1.26 bits per heavy atom. The summed E-state index contributed by atoms with van der Waals surface area (Å²) >= 11 is 0. The van der Waals surface area contributed by atoms with Crippen molar-refractivity contribution in [2.45, 2.75) is 20.8 Å². The molecule has 4 atom stereocenters. The highest BCUT2D eigenvalue weighted by Crippen LogP contribution is 2.50. The fourth-order valence-electron chi connectivity index (χ4n) is 3.34. The number of fused-ring (bicyclic) bond motifs is 1. The smallest absolute Gasteiger partial charge is 0.321 e. The lowest BCUT2D eigenvalue weighted by molar-refractivity contribution is -0.169. The van der Waals surface area contributed by atoms with Crippen LogP contribution in [0.5, 0.6) is 0 Å². The van der Waals surface area contributed by atoms with Gasteiger partial charge in [0.1, 0.15) is 5.41 Å². The molecule has 2 aliphatic carbocycles. The second-order valence-electron chi connectivity index (χ2n) is 5.43. The number of allylic oxidation sites excluding steroid dienone is 4. The van der Waals surface area contributed by atoms with Gasteiger partial charge in [0.15, 0.2) is 11.6 Å². The van der Waals surface area contributed by atoms with E-state index in [0.29, 0.717) is 5.57 Å². The Labute approximate surface area is 112 Å². The van der Waals surface area contributed by atoms with Gasteiger partial charge in [-0.25, -0.2) is 0 Å². The molecule has 2 aliphatic rings. The van der Waals surface area contributed by atoms with E-state index in [1.807, 2.05) is 19.1 Å². The summed E-state index contributed by atoms with van der Waals surface area (Å²) in [7, 11) is 1.26. The van der Waals surface area contributed by atoms with Crippen LogP contribution in [-0.2, 0) is 19.1 Å². The minimum Gasteiger partial charge on any atom is -0.468 e.